The molecule has 4 aliphatic rings. The van der Waals surface area contributed by atoms with Crippen LogP contribution in [0.5, 0.6) is 23.0 Å². The van der Waals surface area contributed by atoms with Gasteiger partial charge in [-0.3, -0.25) is 0 Å². The number of anilines is 4. The lowest BCUT2D eigenvalue weighted by Crippen LogP contribution is -2.33. The Kier molecular flexibility index (Phi) is 9.58. The van der Waals surface area contributed by atoms with Crippen LogP contribution < -0.4 is 29.1 Å². The lowest BCUT2D eigenvalue weighted by molar-refractivity contribution is 0.0214. The molecule has 0 radical (unpaired) electrons. The number of hydrogen-bond donors (Lipinski definition) is 2. The number of hydrogen-bond acceptors (Lipinski definition) is 12. The second-order valence-electron chi connectivity index (χ2n) is 16.8. The molecule has 14 nitrogen and oxygen atoms in total. The molecule has 324 valence electrons. The number of carbonyl (C=O) groups excluding carboxylic acids is 2. The zero-order chi connectivity index (χ0) is 45.6. The molecule has 0 amide bonds. The normalized spacial score (nSPS) is 14.7. The van der Waals surface area contributed by atoms with Crippen molar-refractivity contribution in [3.05, 3.63) is 165 Å². The molecule has 2 spiro atoms. The Balaban J connectivity index is 0.000000162. The first kappa shape index (κ1) is 41.4. The summed E-state index contributed by atoms with van der Waals surface area (Å²) in [4.78, 5) is 57.0. The molecule has 0 unspecified atom stereocenters. The van der Waals surface area contributed by atoms with Gasteiger partial charge >= 0.3 is 23.9 Å². The summed E-state index contributed by atoms with van der Waals surface area (Å²) >= 11 is 0. The fourth-order valence-electron chi connectivity index (χ4n) is 8.78. The third kappa shape index (κ3) is 6.23. The average molecular weight is 861 g/mol. The van der Waals surface area contributed by atoms with E-state index in [1.807, 2.05) is 149 Å². The Morgan fingerprint density at radius 2 is 0.734 bits per heavy atom. The van der Waals surface area contributed by atoms with E-state index >= 15 is 0 Å². The molecular weight excluding hydrogens is 817 g/mol. The number of fused-ring (bicyclic) bond motifs is 12. The number of benzene rings is 6. The predicted octanol–water partition coefficient (Wildman–Crippen LogP) is 8.17. The summed E-state index contributed by atoms with van der Waals surface area (Å²) in [6.07, 6.45) is 0. The maximum atomic E-state index is 13.0. The van der Waals surface area contributed by atoms with Crippen molar-refractivity contribution in [1.29, 1.82) is 0 Å². The van der Waals surface area contributed by atoms with Gasteiger partial charge in [0.2, 0.25) is 0 Å². The molecule has 10 rings (SSSR count). The lowest BCUT2D eigenvalue weighted by Gasteiger charge is -2.37. The molecule has 0 bridgehead atoms. The molecule has 6 aromatic rings. The third-order valence-corrected chi connectivity index (χ3v) is 12.1. The van der Waals surface area contributed by atoms with Gasteiger partial charge in [0.15, 0.2) is 11.2 Å². The summed E-state index contributed by atoms with van der Waals surface area (Å²) in [6, 6.07) is 32.0. The van der Waals surface area contributed by atoms with Crippen molar-refractivity contribution in [2.45, 2.75) is 11.2 Å². The number of aromatic carboxylic acids is 2. The average Bonchev–Trinajstić information content (AvgIpc) is 3.72. The molecule has 0 atom stereocenters. The summed E-state index contributed by atoms with van der Waals surface area (Å²) in [7, 11) is 15.5. The molecule has 0 saturated carbocycles. The molecule has 0 saturated heterocycles. The van der Waals surface area contributed by atoms with E-state index < -0.39 is 35.1 Å². The molecule has 6 aromatic carbocycles. The standard InChI is InChI=1S/2C25H22N2O5/c1-26(2)15-6-9-19-21(12-15)31-22-13-16(27(3)4)7-10-20(22)25(19)18-8-5-14(23(28)29)11-17(18)24(30)32-25;1-26(2)15-6-9-18-21(12-15)31-22-13-16(27(3)4)7-10-19(22)25(18)20-11-14(23(28)29)5-8-17(20)24(30)32-25/h2*5-13H,1-4H3,(H,28,29). The van der Waals surface area contributed by atoms with E-state index in [9.17, 15) is 29.4 Å². The number of carbonyl (C=O) groups is 4. The summed E-state index contributed by atoms with van der Waals surface area (Å²) < 4.78 is 24.9. The van der Waals surface area contributed by atoms with Crippen LogP contribution in [0.3, 0.4) is 0 Å². The topological polar surface area (TPSA) is 159 Å². The third-order valence-electron chi connectivity index (χ3n) is 12.1. The molecule has 0 aliphatic carbocycles. The van der Waals surface area contributed by atoms with Crippen molar-refractivity contribution in [3.8, 4) is 23.0 Å². The molecule has 4 aliphatic heterocycles. The monoisotopic (exact) mass is 860 g/mol. The van der Waals surface area contributed by atoms with Crippen LogP contribution >= 0.6 is 0 Å². The highest BCUT2D eigenvalue weighted by molar-refractivity contribution is 6.01. The van der Waals surface area contributed by atoms with Crippen LogP contribution in [0.2, 0.25) is 0 Å². The van der Waals surface area contributed by atoms with Gasteiger partial charge in [0.25, 0.3) is 0 Å². The maximum absolute atomic E-state index is 13.0. The van der Waals surface area contributed by atoms with Gasteiger partial charge in [0, 0.05) is 137 Å². The summed E-state index contributed by atoms with van der Waals surface area (Å²) in [5, 5.41) is 19.0. The fourth-order valence-corrected chi connectivity index (χ4v) is 8.78. The van der Waals surface area contributed by atoms with Gasteiger partial charge < -0.3 is 48.8 Å². The zero-order valence-corrected chi connectivity index (χ0v) is 36.3. The van der Waals surface area contributed by atoms with E-state index in [-0.39, 0.29) is 16.7 Å². The van der Waals surface area contributed by atoms with Gasteiger partial charge in [-0.1, -0.05) is 6.07 Å². The van der Waals surface area contributed by atoms with E-state index in [4.69, 9.17) is 18.9 Å². The van der Waals surface area contributed by atoms with Crippen molar-refractivity contribution >= 4 is 46.6 Å². The maximum Gasteiger partial charge on any atom is 0.340 e. The first-order valence-corrected chi connectivity index (χ1v) is 20.3. The van der Waals surface area contributed by atoms with Gasteiger partial charge in [-0.15, -0.1) is 0 Å². The van der Waals surface area contributed by atoms with Crippen molar-refractivity contribution in [2.75, 3.05) is 76.0 Å². The van der Waals surface area contributed by atoms with Gasteiger partial charge in [-0.2, -0.15) is 0 Å². The van der Waals surface area contributed by atoms with Crippen molar-refractivity contribution in [1.82, 2.24) is 0 Å². The Labute approximate surface area is 369 Å². The van der Waals surface area contributed by atoms with Crippen molar-refractivity contribution < 1.29 is 48.3 Å². The quantitative estimate of drug-likeness (QED) is 0.155. The first-order chi connectivity index (χ1) is 30.4. The molecule has 14 heteroatoms. The molecule has 4 heterocycles. The first-order valence-electron chi connectivity index (χ1n) is 20.3. The Morgan fingerprint density at radius 3 is 1.11 bits per heavy atom. The summed E-state index contributed by atoms with van der Waals surface area (Å²) in [6.45, 7) is 0. The molecule has 2 N–H and O–H groups in total. The van der Waals surface area contributed by atoms with E-state index in [0.29, 0.717) is 61.9 Å². The van der Waals surface area contributed by atoms with Gasteiger partial charge in [-0.25, -0.2) is 19.2 Å². The highest BCUT2D eigenvalue weighted by atomic mass is 16.6. The summed E-state index contributed by atoms with van der Waals surface area (Å²) in [5.41, 5.74) is 5.76. The van der Waals surface area contributed by atoms with Crippen LogP contribution in [0.25, 0.3) is 0 Å². The smallest absolute Gasteiger partial charge is 0.340 e. The van der Waals surface area contributed by atoms with E-state index in [1.54, 1.807) is 6.07 Å². The Morgan fingerprint density at radius 1 is 0.406 bits per heavy atom. The second kappa shape index (κ2) is 14.8. The van der Waals surface area contributed by atoms with Gasteiger partial charge in [0.1, 0.15) is 23.0 Å². The lowest BCUT2D eigenvalue weighted by atomic mass is 9.77. The van der Waals surface area contributed by atoms with Crippen LogP contribution in [0, 0.1) is 0 Å². The van der Waals surface area contributed by atoms with Crippen LogP contribution in [0.15, 0.2) is 109 Å². The summed E-state index contributed by atoms with van der Waals surface area (Å²) in [5.74, 6) is -0.937. The molecule has 0 fully saturated rings. The fraction of sp³-hybridized carbons (Fsp3) is 0.200. The SMILES string of the molecule is CN(C)c1ccc2c(c1)Oc1cc(N(C)C)ccc1C21OC(=O)c2cc(C(=O)O)ccc21.CN(C)c1ccc2c(c1)Oc1cc(N(C)C)ccc1C21OC(=O)c2ccc(C(=O)O)cc21. The van der Waals surface area contributed by atoms with Crippen LogP contribution in [-0.2, 0) is 20.7 Å². The minimum absolute atomic E-state index is 0.0381. The van der Waals surface area contributed by atoms with Crippen molar-refractivity contribution in [3.63, 3.8) is 0 Å². The van der Waals surface area contributed by atoms with Crippen LogP contribution in [-0.4, -0.2) is 90.5 Å². The van der Waals surface area contributed by atoms with Crippen LogP contribution in [0.4, 0.5) is 22.7 Å². The predicted molar refractivity (Wildman–Crippen MR) is 241 cm³/mol. The van der Waals surface area contributed by atoms with Crippen LogP contribution in [0.1, 0.15) is 74.8 Å². The van der Waals surface area contributed by atoms with E-state index in [1.165, 1.54) is 30.3 Å². The Bertz CT molecular complexity index is 2880. The highest BCUT2D eigenvalue weighted by Crippen LogP contribution is 2.59. The number of esters is 2. The van der Waals surface area contributed by atoms with Crippen molar-refractivity contribution in [2.24, 2.45) is 0 Å². The second-order valence-corrected chi connectivity index (χ2v) is 16.8. The number of rotatable bonds is 6. The number of ether oxygens (including phenoxy) is 4. The minimum atomic E-state index is -1.30. The largest absolute Gasteiger partial charge is 0.478 e. The Hall–Kier alpha value is -8.00. The number of carboxylic acids is 2. The van der Waals surface area contributed by atoms with Gasteiger partial charge in [0.05, 0.1) is 22.3 Å². The van der Waals surface area contributed by atoms with E-state index in [2.05, 4.69) is 0 Å². The van der Waals surface area contributed by atoms with Gasteiger partial charge in [-0.05, 0) is 78.9 Å². The number of nitrogens with zero attached hydrogens (tertiary/aromatic N) is 4. The number of carboxylic acid groups (broad SMARTS) is 2. The minimum Gasteiger partial charge on any atom is -0.478 e. The molecular formula is C50H44N4O10. The molecule has 0 aromatic heterocycles. The van der Waals surface area contributed by atoms with E-state index in [0.717, 1.165) is 22.7 Å². The zero-order valence-electron chi connectivity index (χ0n) is 36.3. The molecule has 64 heavy (non-hydrogen) atoms. The highest BCUT2D eigenvalue weighted by Gasteiger charge is 2.55.